The van der Waals surface area contributed by atoms with Crippen molar-refractivity contribution in [2.24, 2.45) is 18.9 Å². The average Bonchev–Trinajstić information content (AvgIpc) is 3.69. The largest absolute Gasteiger partial charge is 0.444 e. The fourth-order valence-corrected chi connectivity index (χ4v) is 9.46. The van der Waals surface area contributed by atoms with Gasteiger partial charge in [0.15, 0.2) is 11.4 Å². The number of pyridine rings is 1. The number of oxazole rings is 1. The fraction of sp³-hybridized carbons (Fsp3) is 0.533. The Hall–Kier alpha value is -5.75. The number of nitrogens with zero attached hydrogens (tertiary/aromatic N) is 7. The van der Waals surface area contributed by atoms with E-state index in [1.54, 1.807) is 34.6 Å². The van der Waals surface area contributed by atoms with Crippen LogP contribution in [0.15, 0.2) is 58.2 Å². The van der Waals surface area contributed by atoms with Gasteiger partial charge in [-0.05, 0) is 106 Å². The van der Waals surface area contributed by atoms with E-state index in [2.05, 4.69) is 35.9 Å². The molecule has 3 amide bonds. The fourth-order valence-electron chi connectivity index (χ4n) is 9.46. The Labute approximate surface area is 362 Å². The highest BCUT2D eigenvalue weighted by atomic mass is 19.3. The van der Waals surface area contributed by atoms with Crippen molar-refractivity contribution in [2.75, 3.05) is 43.4 Å². The topological polar surface area (TPSA) is 183 Å². The molecule has 5 aromatic rings. The molecule has 6 heterocycles. The number of aryl methyl sites for hydroxylation is 2. The number of para-hydroxylation sites is 1. The average molecular weight is 869 g/mol. The highest BCUT2D eigenvalue weighted by Crippen LogP contribution is 2.36. The number of imide groups is 1. The van der Waals surface area contributed by atoms with Crippen LogP contribution in [-0.2, 0) is 27.8 Å². The zero-order chi connectivity index (χ0) is 43.6. The van der Waals surface area contributed by atoms with Crippen molar-refractivity contribution in [3.63, 3.8) is 0 Å². The lowest BCUT2D eigenvalue weighted by atomic mass is 9.85. The SMILES string of the molecule is Cn1c(=O)n(C2CCC(=O)NC2=O)c2cccc(CCCOC3CCN(CC4CCC(n5cc(NC(=O)c6coc(-c7ccnc(NCC8CC8)c7)n6)c(C(F)F)n5)CC4)CC3)c21. The van der Waals surface area contributed by atoms with Crippen LogP contribution in [0.25, 0.3) is 22.5 Å². The molecule has 4 fully saturated rings. The molecule has 2 saturated carbocycles. The summed E-state index contributed by atoms with van der Waals surface area (Å²) in [7, 11) is 1.72. The van der Waals surface area contributed by atoms with Gasteiger partial charge in [0, 0.05) is 64.2 Å². The maximum atomic E-state index is 14.2. The second kappa shape index (κ2) is 18.5. The monoisotopic (exact) mass is 868 g/mol. The van der Waals surface area contributed by atoms with Crippen LogP contribution in [-0.4, -0.2) is 90.4 Å². The third kappa shape index (κ3) is 9.61. The number of benzene rings is 1. The highest BCUT2D eigenvalue weighted by Gasteiger charge is 2.33. The van der Waals surface area contributed by atoms with Crippen molar-refractivity contribution >= 4 is 40.3 Å². The molecule has 1 atom stereocenters. The van der Waals surface area contributed by atoms with Gasteiger partial charge in [0.2, 0.25) is 17.7 Å². The Balaban J connectivity index is 0.713. The molecule has 2 saturated heterocycles. The van der Waals surface area contributed by atoms with Crippen LogP contribution in [0.2, 0.25) is 0 Å². The van der Waals surface area contributed by atoms with Gasteiger partial charge < -0.3 is 24.7 Å². The number of alkyl halides is 2. The summed E-state index contributed by atoms with van der Waals surface area (Å²) in [6.45, 7) is 4.34. The highest BCUT2D eigenvalue weighted by molar-refractivity contribution is 6.03. The first-order chi connectivity index (χ1) is 30.6. The van der Waals surface area contributed by atoms with Gasteiger partial charge in [-0.3, -0.25) is 33.5 Å². The first-order valence-corrected chi connectivity index (χ1v) is 22.3. The van der Waals surface area contributed by atoms with E-state index in [0.29, 0.717) is 41.8 Å². The number of carbonyl (C=O) groups excluding carboxylic acids is 3. The number of rotatable bonds is 16. The molecule has 0 bridgehead atoms. The lowest BCUT2D eigenvalue weighted by Crippen LogP contribution is -2.44. The normalized spacial score (nSPS) is 21.3. The lowest BCUT2D eigenvalue weighted by molar-refractivity contribution is -0.135. The number of likely N-dealkylation sites (tertiary alicyclic amines) is 1. The standard InChI is InChI=1S/C45H54F2N10O6/c1-54-40-29(4-2-6-35(40)57(45(54)61)36-13-14-38(58)52-43(36)60)5-3-21-62-32-16-19-55(20-17-32)24-28-9-11-31(12-10-28)56-25-33(39(53-56)41(46)47)50-42(59)34-26-63-44(51-34)30-15-18-48-37(22-30)49-23-27-7-8-27/h2,4,6,15,18,22,25-28,31-32,36,41H,3,5,7-14,16-17,19-21,23-24H2,1H3,(H,48,49)(H,50,59)(H,52,58,60). The summed E-state index contributed by atoms with van der Waals surface area (Å²) in [5, 5.41) is 12.5. The van der Waals surface area contributed by atoms with E-state index >= 15 is 0 Å². The molecular formula is C45H54F2N10O6. The predicted octanol–water partition coefficient (Wildman–Crippen LogP) is 6.42. The molecule has 334 valence electrons. The molecule has 1 aromatic carbocycles. The van der Waals surface area contributed by atoms with Gasteiger partial charge >= 0.3 is 5.69 Å². The van der Waals surface area contributed by atoms with Crippen LogP contribution in [0.5, 0.6) is 0 Å². The quantitative estimate of drug-likeness (QED) is 0.0735. The number of nitrogens with one attached hydrogen (secondary N) is 3. The summed E-state index contributed by atoms with van der Waals surface area (Å²) in [6, 6.07) is 8.56. The van der Waals surface area contributed by atoms with Gasteiger partial charge in [0.25, 0.3) is 12.3 Å². The summed E-state index contributed by atoms with van der Waals surface area (Å²) < 4.78 is 45.0. The van der Waals surface area contributed by atoms with E-state index in [4.69, 9.17) is 9.15 Å². The molecule has 16 nitrogen and oxygen atoms in total. The Kier molecular flexibility index (Phi) is 12.5. The van der Waals surface area contributed by atoms with Crippen LogP contribution >= 0.6 is 0 Å². The molecule has 2 aliphatic heterocycles. The minimum Gasteiger partial charge on any atom is -0.444 e. The van der Waals surface area contributed by atoms with Crippen LogP contribution in [0.3, 0.4) is 0 Å². The van der Waals surface area contributed by atoms with Crippen LogP contribution in [0.1, 0.15) is 111 Å². The molecule has 4 aromatic heterocycles. The summed E-state index contributed by atoms with van der Waals surface area (Å²) in [5.41, 5.74) is 2.36. The summed E-state index contributed by atoms with van der Waals surface area (Å²) in [6.07, 6.45) is 11.5. The first kappa shape index (κ1) is 42.5. The van der Waals surface area contributed by atoms with Crippen LogP contribution in [0.4, 0.5) is 20.3 Å². The smallest absolute Gasteiger partial charge is 0.329 e. The van der Waals surface area contributed by atoms with Crippen molar-refractivity contribution in [1.82, 2.24) is 39.1 Å². The summed E-state index contributed by atoms with van der Waals surface area (Å²) >= 11 is 0. The van der Waals surface area contributed by atoms with Crippen molar-refractivity contribution in [2.45, 2.75) is 102 Å². The maximum absolute atomic E-state index is 14.2. The molecular weight excluding hydrogens is 815 g/mol. The van der Waals surface area contributed by atoms with E-state index in [1.165, 1.54) is 29.9 Å². The summed E-state index contributed by atoms with van der Waals surface area (Å²) in [4.78, 5) is 62.0. The predicted molar refractivity (Wildman–Crippen MR) is 229 cm³/mol. The second-order valence-corrected chi connectivity index (χ2v) is 17.6. The molecule has 63 heavy (non-hydrogen) atoms. The van der Waals surface area contributed by atoms with E-state index in [-0.39, 0.29) is 47.4 Å². The number of hydrogen-bond acceptors (Lipinski definition) is 11. The number of halogens is 2. The molecule has 0 spiro atoms. The minimum atomic E-state index is -2.87. The number of carbonyl (C=O) groups is 3. The Morgan fingerprint density at radius 2 is 1.81 bits per heavy atom. The lowest BCUT2D eigenvalue weighted by Gasteiger charge is -2.36. The van der Waals surface area contributed by atoms with Crippen molar-refractivity contribution in [1.29, 1.82) is 0 Å². The third-order valence-corrected chi connectivity index (χ3v) is 13.1. The second-order valence-electron chi connectivity index (χ2n) is 17.6. The first-order valence-electron chi connectivity index (χ1n) is 22.3. The molecule has 3 N–H and O–H groups in total. The van der Waals surface area contributed by atoms with Crippen LogP contribution < -0.4 is 21.6 Å². The summed E-state index contributed by atoms with van der Waals surface area (Å²) in [5.74, 6) is 0.674. The number of hydrogen-bond donors (Lipinski definition) is 3. The maximum Gasteiger partial charge on any atom is 0.329 e. The van der Waals surface area contributed by atoms with E-state index in [0.717, 1.165) is 88.6 Å². The number of imidazole rings is 1. The van der Waals surface area contributed by atoms with Gasteiger partial charge in [0.1, 0.15) is 18.1 Å². The zero-order valence-electron chi connectivity index (χ0n) is 35.4. The van der Waals surface area contributed by atoms with Gasteiger partial charge in [-0.15, -0.1) is 0 Å². The van der Waals surface area contributed by atoms with Gasteiger partial charge in [-0.2, -0.15) is 5.10 Å². The number of fused-ring (bicyclic) bond motifs is 1. The van der Waals surface area contributed by atoms with E-state index < -0.39 is 30.0 Å². The van der Waals surface area contributed by atoms with Gasteiger partial charge in [0.05, 0.1) is 28.9 Å². The molecule has 4 aliphatic rings. The van der Waals surface area contributed by atoms with E-state index in [1.807, 2.05) is 18.2 Å². The Morgan fingerprint density at radius 3 is 2.57 bits per heavy atom. The van der Waals surface area contributed by atoms with Gasteiger partial charge in [-0.1, -0.05) is 12.1 Å². The minimum absolute atomic E-state index is 0.0279. The number of amides is 3. The van der Waals surface area contributed by atoms with Crippen molar-refractivity contribution < 1.29 is 32.3 Å². The van der Waals surface area contributed by atoms with Crippen molar-refractivity contribution in [3.8, 4) is 11.5 Å². The molecule has 2 aliphatic carbocycles. The molecule has 1 unspecified atom stereocenters. The number of piperidine rings is 2. The molecule has 9 rings (SSSR count). The van der Waals surface area contributed by atoms with Crippen molar-refractivity contribution in [3.05, 3.63) is 76.4 Å². The van der Waals surface area contributed by atoms with E-state index in [9.17, 15) is 28.0 Å². The third-order valence-electron chi connectivity index (χ3n) is 13.1. The molecule has 0 radical (unpaired) electrons. The Bertz CT molecular complexity index is 2510. The number of anilines is 2. The Morgan fingerprint density at radius 1 is 1.02 bits per heavy atom. The number of ether oxygens (including phenoxy) is 1. The van der Waals surface area contributed by atoms with Gasteiger partial charge in [-0.25, -0.2) is 23.5 Å². The number of aromatic nitrogens is 6. The zero-order valence-corrected chi connectivity index (χ0v) is 35.4. The van der Waals surface area contributed by atoms with Crippen LogP contribution in [0, 0.1) is 11.8 Å². The molecule has 18 heteroatoms.